The molecule has 3 nitrogen and oxygen atoms in total. The molecule has 0 aliphatic rings. The van der Waals surface area contributed by atoms with Gasteiger partial charge >= 0.3 is 0 Å². The summed E-state index contributed by atoms with van der Waals surface area (Å²) in [6.07, 6.45) is 3.41. The first kappa shape index (κ1) is 19.8. The van der Waals surface area contributed by atoms with Gasteiger partial charge in [-0.3, -0.25) is 4.79 Å². The third kappa shape index (κ3) is 5.45. The van der Waals surface area contributed by atoms with E-state index in [9.17, 15) is 4.79 Å². The van der Waals surface area contributed by atoms with E-state index < -0.39 is 0 Å². The molecule has 0 radical (unpaired) electrons. The molecule has 134 valence electrons. The molecule has 0 saturated heterocycles. The summed E-state index contributed by atoms with van der Waals surface area (Å²) in [6.45, 7) is 4.90. The van der Waals surface area contributed by atoms with Crippen LogP contribution in [-0.2, 0) is 0 Å². The van der Waals surface area contributed by atoms with Crippen molar-refractivity contribution in [3.8, 4) is 11.5 Å². The van der Waals surface area contributed by atoms with Crippen molar-refractivity contribution in [1.29, 1.82) is 0 Å². The van der Waals surface area contributed by atoms with Crippen LogP contribution in [0.4, 0.5) is 0 Å². The van der Waals surface area contributed by atoms with Gasteiger partial charge in [-0.15, -0.1) is 0 Å². The highest BCUT2D eigenvalue weighted by Gasteiger charge is 2.17. The van der Waals surface area contributed by atoms with Gasteiger partial charge in [0, 0.05) is 0 Å². The molecule has 25 heavy (non-hydrogen) atoms. The molecular weight excluding hydrogens is 355 g/mol. The molecule has 0 fully saturated rings. The highest BCUT2D eigenvalue weighted by atomic mass is 35.5. The monoisotopic (exact) mass is 378 g/mol. The van der Waals surface area contributed by atoms with E-state index in [-0.39, 0.29) is 14.1 Å². The predicted octanol–water partition coefficient (Wildman–Crippen LogP) is 5.37. The average Bonchev–Trinajstić information content (AvgIpc) is 2.60. The molecule has 0 saturated carbocycles. The van der Waals surface area contributed by atoms with Gasteiger partial charge in [-0.05, 0) is 57.1 Å². The van der Waals surface area contributed by atoms with Gasteiger partial charge < -0.3 is 9.47 Å². The molecule has 1 atom stereocenters. The van der Waals surface area contributed by atoms with Crippen LogP contribution in [0.2, 0.25) is 5.02 Å². The van der Waals surface area contributed by atoms with Crippen LogP contribution in [0.1, 0.15) is 42.1 Å². The third-order valence-corrected chi connectivity index (χ3v) is 5.51. The average molecular weight is 379 g/mol. The van der Waals surface area contributed by atoms with E-state index in [0.717, 1.165) is 29.6 Å². The summed E-state index contributed by atoms with van der Waals surface area (Å²) < 4.78 is 11.0. The standard InChI is InChI=1S/C20H24ClO3P/c1-4-5-6-12-24-15-10-11-18(14(2)13-15)25-20(22)19-16(21)8-7-9-17(19)23-3/h7-11,13,25H,4-6,12H2,1-3H3. The molecule has 0 amide bonds. The number of aryl methyl sites for hydroxylation is 1. The topological polar surface area (TPSA) is 35.5 Å². The van der Waals surface area contributed by atoms with Crippen molar-refractivity contribution >= 4 is 31.0 Å². The van der Waals surface area contributed by atoms with Gasteiger partial charge in [0.2, 0.25) is 0 Å². The lowest BCUT2D eigenvalue weighted by Crippen LogP contribution is -2.07. The van der Waals surface area contributed by atoms with Gasteiger partial charge in [0.25, 0.3) is 0 Å². The number of benzene rings is 2. The van der Waals surface area contributed by atoms with E-state index in [1.807, 2.05) is 25.1 Å². The van der Waals surface area contributed by atoms with E-state index in [1.54, 1.807) is 25.3 Å². The van der Waals surface area contributed by atoms with Crippen LogP contribution >= 0.6 is 20.2 Å². The summed E-state index contributed by atoms with van der Waals surface area (Å²) >= 11 is 6.20. The first-order valence-corrected chi connectivity index (χ1v) is 9.82. The lowest BCUT2D eigenvalue weighted by atomic mass is 10.2. The Bertz CT molecular complexity index is 731. The summed E-state index contributed by atoms with van der Waals surface area (Å²) in [5, 5.41) is 1.42. The fourth-order valence-corrected chi connectivity index (χ4v) is 3.88. The second-order valence-electron chi connectivity index (χ2n) is 5.80. The van der Waals surface area contributed by atoms with Crippen LogP contribution in [0.25, 0.3) is 0 Å². The third-order valence-electron chi connectivity index (χ3n) is 3.89. The zero-order valence-electron chi connectivity index (χ0n) is 14.9. The fourth-order valence-electron chi connectivity index (χ4n) is 2.49. The van der Waals surface area contributed by atoms with E-state index in [4.69, 9.17) is 21.1 Å². The van der Waals surface area contributed by atoms with Gasteiger partial charge in [0.1, 0.15) is 11.5 Å². The summed E-state index contributed by atoms with van der Waals surface area (Å²) in [5.74, 6) is 1.36. The van der Waals surface area contributed by atoms with Crippen molar-refractivity contribution in [2.45, 2.75) is 33.1 Å². The summed E-state index contributed by atoms with van der Waals surface area (Å²) in [5.41, 5.74) is 1.47. The summed E-state index contributed by atoms with van der Waals surface area (Å²) in [4.78, 5) is 12.7. The Balaban J connectivity index is 2.09. The van der Waals surface area contributed by atoms with Gasteiger partial charge in [-0.25, -0.2) is 0 Å². The number of hydrogen-bond donors (Lipinski definition) is 0. The highest BCUT2D eigenvalue weighted by Crippen LogP contribution is 2.33. The molecule has 0 bridgehead atoms. The van der Waals surface area contributed by atoms with Crippen molar-refractivity contribution in [2.75, 3.05) is 13.7 Å². The van der Waals surface area contributed by atoms with Gasteiger partial charge in [0.05, 0.1) is 24.3 Å². The predicted molar refractivity (Wildman–Crippen MR) is 106 cm³/mol. The van der Waals surface area contributed by atoms with E-state index in [1.165, 1.54) is 12.8 Å². The molecule has 0 heterocycles. The Kier molecular flexibility index (Phi) is 7.74. The SMILES string of the molecule is CCCCCOc1ccc(PC(=O)c2c(Cl)cccc2OC)c(C)c1. The van der Waals surface area contributed by atoms with Crippen molar-refractivity contribution in [3.63, 3.8) is 0 Å². The second-order valence-corrected chi connectivity index (χ2v) is 7.45. The van der Waals surface area contributed by atoms with Gasteiger partial charge in [-0.1, -0.05) is 43.5 Å². The van der Waals surface area contributed by atoms with Crippen LogP contribution in [0, 0.1) is 6.92 Å². The molecule has 2 aromatic carbocycles. The Hall–Kier alpha value is -1.57. The van der Waals surface area contributed by atoms with Gasteiger partial charge in [-0.2, -0.15) is 0 Å². The number of halogens is 1. The lowest BCUT2D eigenvalue weighted by molar-refractivity contribution is 0.108. The smallest absolute Gasteiger partial charge is 0.190 e. The molecule has 0 N–H and O–H groups in total. The molecular formula is C20H24ClO3P. The number of carbonyl (C=O) groups excluding carboxylic acids is 1. The Morgan fingerprint density at radius 1 is 1.20 bits per heavy atom. The molecule has 2 rings (SSSR count). The largest absolute Gasteiger partial charge is 0.496 e. The van der Waals surface area contributed by atoms with Crippen molar-refractivity contribution in [3.05, 3.63) is 52.5 Å². The molecule has 0 aliphatic carbocycles. The normalized spacial score (nSPS) is 11.0. The second kappa shape index (κ2) is 9.79. The van der Waals surface area contributed by atoms with Crippen LogP contribution in [0.15, 0.2) is 36.4 Å². The van der Waals surface area contributed by atoms with Crippen LogP contribution in [0.5, 0.6) is 11.5 Å². The number of methoxy groups -OCH3 is 1. The number of hydrogen-bond acceptors (Lipinski definition) is 3. The van der Waals surface area contributed by atoms with E-state index in [2.05, 4.69) is 6.92 Å². The summed E-state index contributed by atoms with van der Waals surface area (Å²) in [7, 11) is 1.53. The highest BCUT2D eigenvalue weighted by molar-refractivity contribution is 7.66. The Morgan fingerprint density at radius 2 is 2.00 bits per heavy atom. The van der Waals surface area contributed by atoms with Crippen LogP contribution in [-0.4, -0.2) is 19.2 Å². The van der Waals surface area contributed by atoms with Crippen molar-refractivity contribution < 1.29 is 14.3 Å². The molecule has 5 heteroatoms. The molecule has 0 aliphatic heterocycles. The molecule has 0 spiro atoms. The van der Waals surface area contributed by atoms with Crippen molar-refractivity contribution in [1.82, 2.24) is 0 Å². The first-order valence-electron chi connectivity index (χ1n) is 8.44. The minimum Gasteiger partial charge on any atom is -0.496 e. The Labute approximate surface area is 156 Å². The van der Waals surface area contributed by atoms with Crippen molar-refractivity contribution in [2.24, 2.45) is 0 Å². The molecule has 1 unspecified atom stereocenters. The maximum Gasteiger partial charge on any atom is 0.190 e. The number of unbranched alkanes of at least 4 members (excludes halogenated alkanes) is 2. The minimum absolute atomic E-state index is 0.00985. The Morgan fingerprint density at radius 3 is 2.68 bits per heavy atom. The zero-order valence-corrected chi connectivity index (χ0v) is 16.7. The van der Waals surface area contributed by atoms with E-state index >= 15 is 0 Å². The minimum atomic E-state index is -0.0258. The first-order chi connectivity index (χ1) is 12.1. The van der Waals surface area contributed by atoms with E-state index in [0.29, 0.717) is 16.3 Å². The molecule has 0 aromatic heterocycles. The van der Waals surface area contributed by atoms with Crippen LogP contribution < -0.4 is 14.8 Å². The number of carbonyl (C=O) groups is 1. The number of rotatable bonds is 9. The summed E-state index contributed by atoms with van der Waals surface area (Å²) in [6, 6.07) is 11.1. The fraction of sp³-hybridized carbons (Fsp3) is 0.350. The van der Waals surface area contributed by atoms with Gasteiger partial charge in [0.15, 0.2) is 5.52 Å². The quantitative estimate of drug-likeness (QED) is 0.434. The lowest BCUT2D eigenvalue weighted by Gasteiger charge is -2.12. The molecule has 2 aromatic rings. The zero-order chi connectivity index (χ0) is 18.2. The van der Waals surface area contributed by atoms with Crippen LogP contribution in [0.3, 0.4) is 0 Å². The maximum atomic E-state index is 12.7. The maximum absolute atomic E-state index is 12.7. The number of ether oxygens (including phenoxy) is 2.